The van der Waals surface area contributed by atoms with Gasteiger partial charge in [0.2, 0.25) is 10.0 Å². The van der Waals surface area contributed by atoms with Crippen molar-refractivity contribution in [2.45, 2.75) is 30.7 Å². The number of aromatic carboxylic acids is 1. The molecule has 3 N–H and O–H groups in total. The molecule has 0 aromatic heterocycles. The van der Waals surface area contributed by atoms with Crippen LogP contribution in [0.3, 0.4) is 0 Å². The molecule has 21 heavy (non-hydrogen) atoms. The summed E-state index contributed by atoms with van der Waals surface area (Å²) in [6.07, 6.45) is 1.40. The second-order valence-electron chi connectivity index (χ2n) is 5.03. The molecule has 116 valence electrons. The summed E-state index contributed by atoms with van der Waals surface area (Å²) in [7, 11) is -3.79. The summed E-state index contributed by atoms with van der Waals surface area (Å²) < 4.78 is 27.6. The first-order valence-corrected chi connectivity index (χ1v) is 8.44. The maximum Gasteiger partial charge on any atom is 0.336 e. The Balaban J connectivity index is 2.37. The third-order valence-electron chi connectivity index (χ3n) is 3.51. The average Bonchev–Trinajstić information content (AvgIpc) is 2.41. The Kier molecular flexibility index (Phi) is 4.88. The Hall–Kier alpha value is -1.15. The molecule has 6 nitrogen and oxygen atoms in total. The Labute approximate surface area is 128 Å². The minimum atomic E-state index is -3.79. The molecule has 2 rings (SSSR count). The lowest BCUT2D eigenvalue weighted by Gasteiger charge is -2.24. The highest BCUT2D eigenvalue weighted by atomic mass is 35.5. The van der Waals surface area contributed by atoms with E-state index in [4.69, 9.17) is 16.7 Å². The van der Waals surface area contributed by atoms with Gasteiger partial charge in [0.1, 0.15) is 0 Å². The zero-order valence-electron chi connectivity index (χ0n) is 11.5. The van der Waals surface area contributed by atoms with Gasteiger partial charge >= 0.3 is 5.97 Å². The molecule has 0 amide bonds. The van der Waals surface area contributed by atoms with Gasteiger partial charge in [0.15, 0.2) is 0 Å². The Morgan fingerprint density at radius 3 is 2.57 bits per heavy atom. The van der Waals surface area contributed by atoms with Crippen LogP contribution in [0.4, 0.5) is 0 Å². The Morgan fingerprint density at radius 1 is 1.38 bits per heavy atom. The summed E-state index contributed by atoms with van der Waals surface area (Å²) in [4.78, 5) is 11.1. The van der Waals surface area contributed by atoms with E-state index in [1.54, 1.807) is 0 Å². The zero-order chi connectivity index (χ0) is 15.6. The number of carboxylic acid groups (broad SMARTS) is 1. The molecule has 0 unspecified atom stereocenters. The number of carboxylic acids is 1. The molecule has 1 aliphatic heterocycles. The van der Waals surface area contributed by atoms with Gasteiger partial charge in [-0.3, -0.25) is 0 Å². The third-order valence-corrected chi connectivity index (χ3v) is 5.37. The van der Waals surface area contributed by atoms with Gasteiger partial charge < -0.3 is 10.4 Å². The van der Waals surface area contributed by atoms with Crippen molar-refractivity contribution in [1.29, 1.82) is 0 Å². The van der Waals surface area contributed by atoms with Crippen LogP contribution in [0.2, 0.25) is 5.02 Å². The highest BCUT2D eigenvalue weighted by Crippen LogP contribution is 2.25. The second-order valence-corrected chi connectivity index (χ2v) is 7.15. The molecule has 1 heterocycles. The van der Waals surface area contributed by atoms with Crippen molar-refractivity contribution in [2.75, 3.05) is 13.1 Å². The molecule has 0 atom stereocenters. The standard InChI is InChI=1S/C13H17ClN2O4S/c1-8-11(13(17)18)6-9(14)7-12(8)21(19,20)16-10-2-4-15-5-3-10/h6-7,10,15-16H,2-5H2,1H3,(H,17,18). The molecule has 1 fully saturated rings. The maximum atomic E-state index is 12.5. The van der Waals surface area contributed by atoms with Gasteiger partial charge in [-0.2, -0.15) is 0 Å². The van der Waals surface area contributed by atoms with Crippen molar-refractivity contribution in [3.63, 3.8) is 0 Å². The van der Waals surface area contributed by atoms with E-state index in [1.165, 1.54) is 19.1 Å². The number of nitrogens with one attached hydrogen (secondary N) is 2. The van der Waals surface area contributed by atoms with Crippen molar-refractivity contribution in [3.05, 3.63) is 28.3 Å². The van der Waals surface area contributed by atoms with Crippen LogP contribution in [0.25, 0.3) is 0 Å². The third kappa shape index (κ3) is 3.74. The average molecular weight is 333 g/mol. The summed E-state index contributed by atoms with van der Waals surface area (Å²) in [5, 5.41) is 12.4. The van der Waals surface area contributed by atoms with Gasteiger partial charge in [0.25, 0.3) is 0 Å². The Bertz CT molecular complexity index is 654. The van der Waals surface area contributed by atoms with Crippen molar-refractivity contribution in [1.82, 2.24) is 10.0 Å². The van der Waals surface area contributed by atoms with Gasteiger partial charge in [-0.15, -0.1) is 0 Å². The fourth-order valence-corrected chi connectivity index (χ4v) is 4.26. The van der Waals surface area contributed by atoms with Crippen LogP contribution in [-0.4, -0.2) is 38.6 Å². The smallest absolute Gasteiger partial charge is 0.336 e. The quantitative estimate of drug-likeness (QED) is 0.774. The number of hydrogen-bond donors (Lipinski definition) is 3. The van der Waals surface area contributed by atoms with E-state index in [2.05, 4.69) is 10.0 Å². The second kappa shape index (κ2) is 6.31. The lowest BCUT2D eigenvalue weighted by atomic mass is 10.1. The predicted octanol–water partition coefficient (Wildman–Crippen LogP) is 1.38. The molecule has 1 aromatic carbocycles. The number of halogens is 1. The van der Waals surface area contributed by atoms with Crippen molar-refractivity contribution in [2.24, 2.45) is 0 Å². The van der Waals surface area contributed by atoms with Crippen molar-refractivity contribution in [3.8, 4) is 0 Å². The van der Waals surface area contributed by atoms with Crippen molar-refractivity contribution >= 4 is 27.6 Å². The predicted molar refractivity (Wildman–Crippen MR) is 79.4 cm³/mol. The zero-order valence-corrected chi connectivity index (χ0v) is 13.1. The highest BCUT2D eigenvalue weighted by molar-refractivity contribution is 7.89. The molecule has 8 heteroatoms. The molecule has 0 spiro atoms. The molecule has 1 saturated heterocycles. The maximum absolute atomic E-state index is 12.5. The fourth-order valence-electron chi connectivity index (χ4n) is 2.38. The van der Waals surface area contributed by atoms with Gasteiger partial charge in [-0.25, -0.2) is 17.9 Å². The molecular formula is C13H17ClN2O4S. The molecule has 1 aromatic rings. The number of benzene rings is 1. The van der Waals surface area contributed by atoms with E-state index in [-0.39, 0.29) is 27.1 Å². The molecule has 0 saturated carbocycles. The normalized spacial score (nSPS) is 16.9. The van der Waals surface area contributed by atoms with Gasteiger partial charge in [0.05, 0.1) is 10.5 Å². The van der Waals surface area contributed by atoms with E-state index in [0.29, 0.717) is 12.8 Å². The number of hydrogen-bond acceptors (Lipinski definition) is 4. The summed E-state index contributed by atoms with van der Waals surface area (Å²) in [5.41, 5.74) is 0.0847. The van der Waals surface area contributed by atoms with E-state index < -0.39 is 16.0 Å². The number of piperidine rings is 1. The van der Waals surface area contributed by atoms with E-state index >= 15 is 0 Å². The first-order chi connectivity index (χ1) is 9.81. The van der Waals surface area contributed by atoms with Gasteiger partial charge in [-0.1, -0.05) is 11.6 Å². The number of rotatable bonds is 4. The number of carbonyl (C=O) groups is 1. The monoisotopic (exact) mass is 332 g/mol. The first kappa shape index (κ1) is 16.2. The van der Waals surface area contributed by atoms with Crippen LogP contribution in [0.15, 0.2) is 17.0 Å². The fraction of sp³-hybridized carbons (Fsp3) is 0.462. The Morgan fingerprint density at radius 2 is 2.00 bits per heavy atom. The van der Waals surface area contributed by atoms with Crippen molar-refractivity contribution < 1.29 is 18.3 Å². The first-order valence-electron chi connectivity index (χ1n) is 6.58. The lowest BCUT2D eigenvalue weighted by Crippen LogP contribution is -2.42. The van der Waals surface area contributed by atoms with E-state index in [9.17, 15) is 13.2 Å². The minimum Gasteiger partial charge on any atom is -0.478 e. The van der Waals surface area contributed by atoms with Crippen LogP contribution >= 0.6 is 11.6 Å². The summed E-state index contributed by atoms with van der Waals surface area (Å²) >= 11 is 5.85. The summed E-state index contributed by atoms with van der Waals surface area (Å²) in [6.45, 7) is 2.97. The van der Waals surface area contributed by atoms with Crippen LogP contribution in [-0.2, 0) is 10.0 Å². The molecule has 0 radical (unpaired) electrons. The van der Waals surface area contributed by atoms with Gasteiger partial charge in [-0.05, 0) is 50.6 Å². The van der Waals surface area contributed by atoms with E-state index in [0.717, 1.165) is 13.1 Å². The van der Waals surface area contributed by atoms with Crippen LogP contribution in [0.1, 0.15) is 28.8 Å². The van der Waals surface area contributed by atoms with Crippen LogP contribution < -0.4 is 10.0 Å². The molecular weight excluding hydrogens is 316 g/mol. The lowest BCUT2D eigenvalue weighted by molar-refractivity contribution is 0.0696. The number of sulfonamides is 1. The SMILES string of the molecule is Cc1c(C(=O)O)cc(Cl)cc1S(=O)(=O)NC1CCNCC1. The summed E-state index contributed by atoms with van der Waals surface area (Å²) in [5.74, 6) is -1.20. The largest absolute Gasteiger partial charge is 0.478 e. The van der Waals surface area contributed by atoms with E-state index in [1.807, 2.05) is 0 Å². The van der Waals surface area contributed by atoms with Crippen LogP contribution in [0.5, 0.6) is 0 Å². The molecule has 1 aliphatic rings. The summed E-state index contributed by atoms with van der Waals surface area (Å²) in [6, 6.07) is 2.39. The van der Waals surface area contributed by atoms with Crippen LogP contribution in [0, 0.1) is 6.92 Å². The molecule has 0 bridgehead atoms. The highest BCUT2D eigenvalue weighted by Gasteiger charge is 2.25. The topological polar surface area (TPSA) is 95.5 Å². The minimum absolute atomic E-state index is 0.0778. The van der Waals surface area contributed by atoms with Gasteiger partial charge in [0, 0.05) is 11.1 Å². The molecule has 0 aliphatic carbocycles.